The highest BCUT2D eigenvalue weighted by Crippen LogP contribution is 2.22. The topological polar surface area (TPSA) is 24.4 Å². The lowest BCUT2D eigenvalue weighted by molar-refractivity contribution is 1.43. The number of nitrogens with one attached hydrogen (secondary N) is 1. The zero-order valence-electron chi connectivity index (χ0n) is 17.9. The first-order chi connectivity index (χ1) is 15.2. The molecule has 0 aliphatic rings. The molecule has 4 aromatic rings. The fraction of sp³-hybridized carbons (Fsp3) is 0.0690. The predicted octanol–water partition coefficient (Wildman–Crippen LogP) is 7.58. The van der Waals surface area contributed by atoms with Crippen LogP contribution in [-0.4, -0.2) is 5.71 Å². The molecule has 0 fully saturated rings. The van der Waals surface area contributed by atoms with Gasteiger partial charge in [0.25, 0.3) is 0 Å². The third kappa shape index (κ3) is 5.58. The molecule has 0 unspecified atom stereocenters. The van der Waals surface area contributed by atoms with Crippen molar-refractivity contribution in [1.29, 1.82) is 0 Å². The molecule has 0 heterocycles. The van der Waals surface area contributed by atoms with Crippen molar-refractivity contribution >= 4 is 22.8 Å². The first-order valence-corrected chi connectivity index (χ1v) is 10.5. The Labute approximate surface area is 184 Å². The number of allylic oxidation sites excluding steroid dienone is 1. The van der Waals surface area contributed by atoms with Gasteiger partial charge in [0.2, 0.25) is 0 Å². The molecule has 0 saturated heterocycles. The molecule has 0 atom stereocenters. The Bertz CT molecular complexity index is 1170. The summed E-state index contributed by atoms with van der Waals surface area (Å²) in [7, 11) is 0. The van der Waals surface area contributed by atoms with Crippen molar-refractivity contribution < 1.29 is 0 Å². The van der Waals surface area contributed by atoms with Crippen molar-refractivity contribution in [2.75, 3.05) is 5.32 Å². The second-order valence-corrected chi connectivity index (χ2v) is 7.61. The molecule has 0 aliphatic carbocycles. The van der Waals surface area contributed by atoms with E-state index in [1.54, 1.807) is 0 Å². The van der Waals surface area contributed by atoms with E-state index in [4.69, 9.17) is 4.99 Å². The summed E-state index contributed by atoms with van der Waals surface area (Å²) in [5, 5.41) is 3.60. The largest absolute Gasteiger partial charge is 0.355 e. The summed E-state index contributed by atoms with van der Waals surface area (Å²) in [4.78, 5) is 4.99. The first kappa shape index (κ1) is 20.4. The van der Waals surface area contributed by atoms with E-state index in [0.717, 1.165) is 33.9 Å². The highest BCUT2D eigenvalue weighted by Gasteiger charge is 2.07. The van der Waals surface area contributed by atoms with Gasteiger partial charge < -0.3 is 5.32 Å². The second kappa shape index (κ2) is 9.73. The molecule has 0 spiro atoms. The monoisotopic (exact) mass is 402 g/mol. The van der Waals surface area contributed by atoms with Crippen LogP contribution in [0.5, 0.6) is 0 Å². The SMILES string of the molecule is Cc1ccc(N=C(/C=C(/Nc2ccc(C)cc2)c2ccccc2)c2ccccc2)cc1. The fourth-order valence-corrected chi connectivity index (χ4v) is 3.29. The molecule has 152 valence electrons. The van der Waals surface area contributed by atoms with Crippen molar-refractivity contribution in [2.24, 2.45) is 4.99 Å². The minimum Gasteiger partial charge on any atom is -0.355 e. The highest BCUT2D eigenvalue weighted by atomic mass is 14.9. The Morgan fingerprint density at radius 1 is 0.613 bits per heavy atom. The molecular weight excluding hydrogens is 376 g/mol. The predicted molar refractivity (Wildman–Crippen MR) is 133 cm³/mol. The molecule has 2 heteroatoms. The van der Waals surface area contributed by atoms with E-state index in [1.165, 1.54) is 11.1 Å². The van der Waals surface area contributed by atoms with Crippen LogP contribution in [0.4, 0.5) is 11.4 Å². The van der Waals surface area contributed by atoms with Crippen LogP contribution in [0.1, 0.15) is 22.3 Å². The maximum atomic E-state index is 4.99. The standard InChI is InChI=1S/C29H26N2/c1-22-13-17-26(18-14-22)30-28(24-9-5-3-6-10-24)21-29(25-11-7-4-8-12-25)31-27-19-15-23(2)16-20-27/h3-21,30H,1-2H3/b28-21+,31-29?. The molecule has 0 aromatic heterocycles. The summed E-state index contributed by atoms with van der Waals surface area (Å²) in [6.07, 6.45) is 2.13. The molecule has 4 rings (SSSR count). The number of hydrogen-bond acceptors (Lipinski definition) is 2. The Hall–Kier alpha value is -3.91. The maximum Gasteiger partial charge on any atom is 0.0730 e. The van der Waals surface area contributed by atoms with Gasteiger partial charge in [0.1, 0.15) is 0 Å². The molecule has 1 N–H and O–H groups in total. The minimum atomic E-state index is 0.905. The number of benzene rings is 4. The summed E-state index contributed by atoms with van der Waals surface area (Å²) in [5.41, 5.74) is 8.52. The molecule has 31 heavy (non-hydrogen) atoms. The number of rotatable bonds is 6. The van der Waals surface area contributed by atoms with Gasteiger partial charge >= 0.3 is 0 Å². The number of hydrogen-bond donors (Lipinski definition) is 1. The Balaban J connectivity index is 1.81. The molecule has 0 amide bonds. The van der Waals surface area contributed by atoms with E-state index >= 15 is 0 Å². The molecule has 0 radical (unpaired) electrons. The van der Waals surface area contributed by atoms with E-state index in [1.807, 2.05) is 24.3 Å². The Morgan fingerprint density at radius 2 is 1.13 bits per heavy atom. The normalized spacial score (nSPS) is 11.9. The van der Waals surface area contributed by atoms with Crippen LogP contribution in [0.15, 0.2) is 120 Å². The zero-order valence-corrected chi connectivity index (χ0v) is 17.9. The van der Waals surface area contributed by atoms with Crippen molar-refractivity contribution in [3.8, 4) is 0 Å². The van der Waals surface area contributed by atoms with Crippen molar-refractivity contribution in [2.45, 2.75) is 13.8 Å². The first-order valence-electron chi connectivity index (χ1n) is 10.5. The average Bonchev–Trinajstić information content (AvgIpc) is 2.82. The highest BCUT2D eigenvalue weighted by molar-refractivity contribution is 6.14. The third-order valence-electron chi connectivity index (χ3n) is 5.05. The van der Waals surface area contributed by atoms with Crippen molar-refractivity contribution in [1.82, 2.24) is 0 Å². The average molecular weight is 403 g/mol. The molecule has 4 aromatic carbocycles. The second-order valence-electron chi connectivity index (χ2n) is 7.61. The minimum absolute atomic E-state index is 0.905. The number of aryl methyl sites for hydroxylation is 2. The van der Waals surface area contributed by atoms with Gasteiger partial charge in [0.05, 0.1) is 11.4 Å². The number of anilines is 1. The summed E-state index contributed by atoms with van der Waals surface area (Å²) >= 11 is 0. The van der Waals surface area contributed by atoms with Crippen LogP contribution in [0.25, 0.3) is 5.70 Å². The number of nitrogens with zero attached hydrogens (tertiary/aromatic N) is 1. The van der Waals surface area contributed by atoms with Gasteiger partial charge in [-0.05, 0) is 49.8 Å². The van der Waals surface area contributed by atoms with Gasteiger partial charge in [-0.15, -0.1) is 0 Å². The smallest absolute Gasteiger partial charge is 0.0730 e. The van der Waals surface area contributed by atoms with Crippen LogP contribution in [0.3, 0.4) is 0 Å². The third-order valence-corrected chi connectivity index (χ3v) is 5.05. The molecule has 0 bridgehead atoms. The summed E-state index contributed by atoms with van der Waals surface area (Å²) < 4.78 is 0. The molecule has 0 saturated carbocycles. The van der Waals surface area contributed by atoms with E-state index < -0.39 is 0 Å². The van der Waals surface area contributed by atoms with Crippen LogP contribution in [0, 0.1) is 13.8 Å². The van der Waals surface area contributed by atoms with Gasteiger partial charge in [-0.1, -0.05) is 96.1 Å². The van der Waals surface area contributed by atoms with Crippen molar-refractivity contribution in [3.63, 3.8) is 0 Å². The van der Waals surface area contributed by atoms with E-state index in [2.05, 4.69) is 110 Å². The fourth-order valence-electron chi connectivity index (χ4n) is 3.29. The van der Waals surface area contributed by atoms with Crippen LogP contribution in [-0.2, 0) is 0 Å². The molecule has 0 aliphatic heterocycles. The Morgan fingerprint density at radius 3 is 1.71 bits per heavy atom. The summed E-state index contributed by atoms with van der Waals surface area (Å²) in [6, 6.07) is 37.4. The van der Waals surface area contributed by atoms with E-state index in [-0.39, 0.29) is 0 Å². The van der Waals surface area contributed by atoms with Gasteiger partial charge in [-0.2, -0.15) is 0 Å². The van der Waals surface area contributed by atoms with Gasteiger partial charge in [0.15, 0.2) is 0 Å². The lowest BCUT2D eigenvalue weighted by Gasteiger charge is -2.13. The molecule has 2 nitrogen and oxygen atoms in total. The maximum absolute atomic E-state index is 4.99. The quantitative estimate of drug-likeness (QED) is 0.330. The van der Waals surface area contributed by atoms with E-state index in [0.29, 0.717) is 0 Å². The van der Waals surface area contributed by atoms with Gasteiger partial charge in [-0.25, -0.2) is 4.99 Å². The van der Waals surface area contributed by atoms with Crippen LogP contribution in [0.2, 0.25) is 0 Å². The molecular formula is C29H26N2. The van der Waals surface area contributed by atoms with Gasteiger partial charge in [-0.3, -0.25) is 0 Å². The summed E-state index contributed by atoms with van der Waals surface area (Å²) in [6.45, 7) is 4.18. The lowest BCUT2D eigenvalue weighted by atomic mass is 10.0. The summed E-state index contributed by atoms with van der Waals surface area (Å²) in [5.74, 6) is 0. The van der Waals surface area contributed by atoms with E-state index in [9.17, 15) is 0 Å². The lowest BCUT2D eigenvalue weighted by Crippen LogP contribution is -2.04. The van der Waals surface area contributed by atoms with Crippen molar-refractivity contribution in [3.05, 3.63) is 138 Å². The van der Waals surface area contributed by atoms with Crippen LogP contribution >= 0.6 is 0 Å². The Kier molecular flexibility index (Phi) is 6.39. The zero-order chi connectivity index (χ0) is 21.5. The number of aliphatic imine (C=N–C) groups is 1. The van der Waals surface area contributed by atoms with Crippen LogP contribution < -0.4 is 5.32 Å². The van der Waals surface area contributed by atoms with Gasteiger partial charge in [0, 0.05) is 16.9 Å².